The van der Waals surface area contributed by atoms with Gasteiger partial charge in [0.15, 0.2) is 5.92 Å². The summed E-state index contributed by atoms with van der Waals surface area (Å²) >= 11 is 0. The predicted molar refractivity (Wildman–Crippen MR) is 50.7 cm³/mol. The molecule has 0 radical (unpaired) electrons. The van der Waals surface area contributed by atoms with Crippen LogP contribution in [-0.2, 0) is 0 Å². The van der Waals surface area contributed by atoms with E-state index in [4.69, 9.17) is 0 Å². The van der Waals surface area contributed by atoms with Gasteiger partial charge in [-0.1, -0.05) is 6.92 Å². The quantitative estimate of drug-likeness (QED) is 0.848. The third-order valence-corrected chi connectivity index (χ3v) is 2.36. The normalized spacial score (nSPS) is 15.1. The van der Waals surface area contributed by atoms with Crippen LogP contribution >= 0.6 is 0 Å². The van der Waals surface area contributed by atoms with Crippen LogP contribution in [0.5, 0.6) is 0 Å². The Morgan fingerprint density at radius 2 is 1.72 bits per heavy atom. The van der Waals surface area contributed by atoms with E-state index in [1.54, 1.807) is 0 Å². The third kappa shape index (κ3) is 3.41. The molecule has 1 unspecified atom stereocenters. The van der Waals surface area contributed by atoms with Crippen LogP contribution in [0, 0.1) is 5.92 Å². The SMILES string of the molecule is CCNC(c1ccoc1)C(C(F)(F)F)C(F)(F)F. The van der Waals surface area contributed by atoms with Crippen LogP contribution in [0.15, 0.2) is 23.0 Å². The van der Waals surface area contributed by atoms with Crippen molar-refractivity contribution in [2.24, 2.45) is 5.92 Å². The van der Waals surface area contributed by atoms with Crippen LogP contribution in [0.3, 0.4) is 0 Å². The Morgan fingerprint density at radius 1 is 1.17 bits per heavy atom. The van der Waals surface area contributed by atoms with Crippen LogP contribution in [-0.4, -0.2) is 18.9 Å². The highest BCUT2D eigenvalue weighted by Crippen LogP contribution is 2.46. The maximum absolute atomic E-state index is 12.6. The lowest BCUT2D eigenvalue weighted by Crippen LogP contribution is -2.45. The van der Waals surface area contributed by atoms with E-state index < -0.39 is 24.3 Å². The van der Waals surface area contributed by atoms with E-state index in [9.17, 15) is 26.3 Å². The molecule has 1 atom stereocenters. The molecule has 0 saturated heterocycles. The van der Waals surface area contributed by atoms with Crippen molar-refractivity contribution in [3.63, 3.8) is 0 Å². The van der Waals surface area contributed by atoms with Crippen LogP contribution in [0.2, 0.25) is 0 Å². The van der Waals surface area contributed by atoms with E-state index in [2.05, 4.69) is 9.73 Å². The molecule has 0 aliphatic rings. The lowest BCUT2D eigenvalue weighted by Gasteiger charge is -2.30. The average molecular weight is 275 g/mol. The van der Waals surface area contributed by atoms with Crippen molar-refractivity contribution < 1.29 is 30.8 Å². The van der Waals surface area contributed by atoms with Gasteiger partial charge in [0.1, 0.15) is 0 Å². The summed E-state index contributed by atoms with van der Waals surface area (Å²) in [7, 11) is 0. The highest BCUT2D eigenvalue weighted by molar-refractivity contribution is 5.14. The first-order chi connectivity index (χ1) is 8.18. The topological polar surface area (TPSA) is 25.2 Å². The van der Waals surface area contributed by atoms with Crippen LogP contribution in [0.1, 0.15) is 18.5 Å². The molecular formula is C10H11F6NO. The fourth-order valence-electron chi connectivity index (χ4n) is 1.66. The fourth-order valence-corrected chi connectivity index (χ4v) is 1.66. The molecule has 0 spiro atoms. The molecule has 2 nitrogen and oxygen atoms in total. The molecular weight excluding hydrogens is 264 g/mol. The first kappa shape index (κ1) is 14.9. The van der Waals surface area contributed by atoms with Gasteiger partial charge in [0.25, 0.3) is 0 Å². The van der Waals surface area contributed by atoms with E-state index in [0.29, 0.717) is 0 Å². The Hall–Kier alpha value is -1.18. The van der Waals surface area contributed by atoms with Crippen LogP contribution in [0.25, 0.3) is 0 Å². The Bertz CT molecular complexity index is 341. The molecule has 1 rings (SSSR count). The first-order valence-corrected chi connectivity index (χ1v) is 5.06. The zero-order valence-electron chi connectivity index (χ0n) is 9.27. The van der Waals surface area contributed by atoms with Gasteiger partial charge in [-0.05, 0) is 12.6 Å². The van der Waals surface area contributed by atoms with Crippen LogP contribution in [0.4, 0.5) is 26.3 Å². The molecule has 104 valence electrons. The third-order valence-electron chi connectivity index (χ3n) is 2.36. The highest BCUT2D eigenvalue weighted by Gasteiger charge is 2.60. The predicted octanol–water partition coefficient (Wildman–Crippen LogP) is 3.67. The Balaban J connectivity index is 3.15. The Labute approximate surface area is 99.0 Å². The summed E-state index contributed by atoms with van der Waals surface area (Å²) < 4.78 is 80.1. The summed E-state index contributed by atoms with van der Waals surface area (Å²) in [6.45, 7) is 1.40. The van der Waals surface area contributed by atoms with Crippen molar-refractivity contribution in [1.82, 2.24) is 5.32 Å². The molecule has 1 heterocycles. The molecule has 1 aromatic rings. The zero-order valence-corrected chi connectivity index (χ0v) is 9.27. The van der Waals surface area contributed by atoms with Gasteiger partial charge < -0.3 is 9.73 Å². The molecule has 1 N–H and O–H groups in total. The van der Waals surface area contributed by atoms with E-state index in [1.165, 1.54) is 6.92 Å². The molecule has 0 aliphatic heterocycles. The fraction of sp³-hybridized carbons (Fsp3) is 0.600. The number of furan rings is 1. The molecule has 1 aromatic heterocycles. The summed E-state index contributed by atoms with van der Waals surface area (Å²) in [4.78, 5) is 0. The van der Waals surface area contributed by atoms with Crippen LogP contribution < -0.4 is 5.32 Å². The van der Waals surface area contributed by atoms with Gasteiger partial charge in [0.2, 0.25) is 0 Å². The van der Waals surface area contributed by atoms with E-state index in [1.807, 2.05) is 0 Å². The molecule has 0 aliphatic carbocycles. The summed E-state index contributed by atoms with van der Waals surface area (Å²) in [6.07, 6.45) is -8.87. The first-order valence-electron chi connectivity index (χ1n) is 5.06. The smallest absolute Gasteiger partial charge is 0.402 e. The molecule has 0 amide bonds. The maximum atomic E-state index is 12.6. The molecule has 0 saturated carbocycles. The molecule has 0 fully saturated rings. The second-order valence-corrected chi connectivity index (χ2v) is 3.65. The monoisotopic (exact) mass is 275 g/mol. The standard InChI is InChI=1S/C10H11F6NO/c1-2-17-7(6-3-4-18-5-6)8(9(11,12)13)10(14,15)16/h3-5,7-8,17H,2H2,1H3. The number of hydrogen-bond acceptors (Lipinski definition) is 2. The average Bonchev–Trinajstić information content (AvgIpc) is 2.64. The second kappa shape index (κ2) is 5.21. The number of hydrogen-bond donors (Lipinski definition) is 1. The van der Waals surface area contributed by atoms with E-state index in [-0.39, 0.29) is 12.1 Å². The van der Waals surface area contributed by atoms with Gasteiger partial charge in [0.05, 0.1) is 18.6 Å². The van der Waals surface area contributed by atoms with Crippen molar-refractivity contribution in [2.75, 3.05) is 6.54 Å². The van der Waals surface area contributed by atoms with Gasteiger partial charge in [-0.3, -0.25) is 0 Å². The lowest BCUT2D eigenvalue weighted by molar-refractivity contribution is -0.292. The molecule has 0 aromatic carbocycles. The summed E-state index contributed by atoms with van der Waals surface area (Å²) in [5, 5.41) is 2.20. The second-order valence-electron chi connectivity index (χ2n) is 3.65. The summed E-state index contributed by atoms with van der Waals surface area (Å²) in [6, 6.07) is -0.827. The summed E-state index contributed by atoms with van der Waals surface area (Å²) in [5.74, 6) is -3.47. The molecule has 0 bridgehead atoms. The maximum Gasteiger partial charge on any atom is 0.402 e. The molecule has 8 heteroatoms. The number of halogens is 6. The van der Waals surface area contributed by atoms with E-state index in [0.717, 1.165) is 18.6 Å². The van der Waals surface area contributed by atoms with Crippen molar-refractivity contribution in [3.05, 3.63) is 24.2 Å². The van der Waals surface area contributed by atoms with Gasteiger partial charge >= 0.3 is 12.4 Å². The largest absolute Gasteiger partial charge is 0.472 e. The molecule has 18 heavy (non-hydrogen) atoms. The zero-order chi connectivity index (χ0) is 14.0. The minimum Gasteiger partial charge on any atom is -0.472 e. The van der Waals surface area contributed by atoms with Gasteiger partial charge in [-0.15, -0.1) is 0 Å². The number of nitrogens with one attached hydrogen (secondary N) is 1. The number of alkyl halides is 6. The minimum absolute atomic E-state index is 0.0293. The van der Waals surface area contributed by atoms with Crippen molar-refractivity contribution in [2.45, 2.75) is 25.3 Å². The summed E-state index contributed by atoms with van der Waals surface area (Å²) in [5.41, 5.74) is -0.184. The van der Waals surface area contributed by atoms with Gasteiger partial charge in [-0.25, -0.2) is 0 Å². The van der Waals surface area contributed by atoms with Crippen molar-refractivity contribution in [3.8, 4) is 0 Å². The van der Waals surface area contributed by atoms with Gasteiger partial charge in [-0.2, -0.15) is 26.3 Å². The Morgan fingerprint density at radius 3 is 2.06 bits per heavy atom. The van der Waals surface area contributed by atoms with Crippen molar-refractivity contribution >= 4 is 0 Å². The number of rotatable bonds is 4. The van der Waals surface area contributed by atoms with Crippen molar-refractivity contribution in [1.29, 1.82) is 0 Å². The minimum atomic E-state index is -5.39. The highest BCUT2D eigenvalue weighted by atomic mass is 19.4. The lowest BCUT2D eigenvalue weighted by atomic mass is 9.93. The Kier molecular flexibility index (Phi) is 4.31. The van der Waals surface area contributed by atoms with Gasteiger partial charge in [0, 0.05) is 5.56 Å². The van der Waals surface area contributed by atoms with E-state index >= 15 is 0 Å².